The number of hydrogen-bond donors (Lipinski definition) is 0. The predicted octanol–water partition coefficient (Wildman–Crippen LogP) is 17.9. The molecule has 0 aliphatic heterocycles. The van der Waals surface area contributed by atoms with E-state index in [2.05, 4.69) is 278 Å². The third kappa shape index (κ3) is 5.84. The van der Waals surface area contributed by atoms with Crippen molar-refractivity contribution in [2.75, 3.05) is 4.90 Å². The average Bonchev–Trinajstić information content (AvgIpc) is 4.07. The zero-order valence-corrected chi connectivity index (χ0v) is 39.2. The van der Waals surface area contributed by atoms with Crippen LogP contribution in [0.2, 0.25) is 0 Å². The second kappa shape index (κ2) is 16.0. The van der Waals surface area contributed by atoms with E-state index in [1.54, 1.807) is 0 Å². The van der Waals surface area contributed by atoms with Crippen molar-refractivity contribution in [1.29, 1.82) is 0 Å². The first-order valence-electron chi connectivity index (χ1n) is 24.2. The lowest BCUT2D eigenvalue weighted by Gasteiger charge is -2.35. The zero-order chi connectivity index (χ0) is 46.2. The van der Waals surface area contributed by atoms with Crippen molar-refractivity contribution in [3.8, 4) is 33.4 Å². The van der Waals surface area contributed by atoms with E-state index >= 15 is 0 Å². The third-order valence-electron chi connectivity index (χ3n) is 15.2. The highest BCUT2D eigenvalue weighted by Gasteiger charge is 2.47. The van der Waals surface area contributed by atoms with Gasteiger partial charge in [0.25, 0.3) is 0 Å². The summed E-state index contributed by atoms with van der Waals surface area (Å²) in [6.45, 7) is 0. The van der Waals surface area contributed by atoms with Gasteiger partial charge in [0, 0.05) is 37.2 Å². The molecule has 1 aromatic heterocycles. The fourth-order valence-electron chi connectivity index (χ4n) is 12.4. The summed E-state index contributed by atoms with van der Waals surface area (Å²) in [4.78, 5) is 2.47. The van der Waals surface area contributed by atoms with Crippen molar-refractivity contribution in [2.45, 2.75) is 10.8 Å². The summed E-state index contributed by atoms with van der Waals surface area (Å²) in [6.07, 6.45) is 0. The normalized spacial score (nSPS) is 13.7. The number of fused-ring (bicyclic) bond motifs is 9. The summed E-state index contributed by atoms with van der Waals surface area (Å²) >= 11 is 1.88. The Morgan fingerprint density at radius 2 is 0.700 bits per heavy atom. The van der Waals surface area contributed by atoms with Gasteiger partial charge in [-0.2, -0.15) is 0 Å². The Balaban J connectivity index is 0.989. The summed E-state index contributed by atoms with van der Waals surface area (Å²) in [5, 5.41) is 2.61. The maximum absolute atomic E-state index is 2.47. The number of anilines is 3. The van der Waals surface area contributed by atoms with Gasteiger partial charge < -0.3 is 4.90 Å². The topological polar surface area (TPSA) is 3.24 Å². The van der Waals surface area contributed by atoms with Crippen LogP contribution in [0.15, 0.2) is 273 Å². The van der Waals surface area contributed by atoms with Crippen LogP contribution in [0.1, 0.15) is 44.5 Å². The quantitative estimate of drug-likeness (QED) is 0.147. The number of benzene rings is 11. The van der Waals surface area contributed by atoms with E-state index in [-0.39, 0.29) is 0 Å². The number of hydrogen-bond acceptors (Lipinski definition) is 2. The molecule has 0 radical (unpaired) electrons. The minimum absolute atomic E-state index is 0.484. The van der Waals surface area contributed by atoms with Gasteiger partial charge in [-0.1, -0.05) is 231 Å². The van der Waals surface area contributed by atoms with Gasteiger partial charge in [0.15, 0.2) is 0 Å². The van der Waals surface area contributed by atoms with E-state index < -0.39 is 10.8 Å². The zero-order valence-electron chi connectivity index (χ0n) is 38.3. The molecule has 0 bridgehead atoms. The van der Waals surface area contributed by atoms with Gasteiger partial charge in [-0.3, -0.25) is 0 Å². The Hall–Kier alpha value is -8.56. The van der Waals surface area contributed by atoms with Gasteiger partial charge in [-0.15, -0.1) is 11.3 Å². The van der Waals surface area contributed by atoms with Crippen LogP contribution in [-0.4, -0.2) is 0 Å². The first-order valence-corrected chi connectivity index (χ1v) is 25.1. The Bertz CT molecular complexity index is 3860. The standard InChI is InChI=1S/C68H45NS/c1-4-21-47(22-5-1)67(48-23-6-2-7-24-48)63-36-16-12-30-57(63)60-45-53(42-43-64(60)67)69(52-27-18-20-46(44-52)54-32-19-33-59-58-31-13-17-37-65(58)70-66(54)59)51-40-38-50(39-41-51)68(49-25-8-3-9-26-49)61-34-14-10-28-55(61)56-29-11-15-35-62(56)68/h1-45H. The van der Waals surface area contributed by atoms with E-state index in [0.29, 0.717) is 0 Å². The van der Waals surface area contributed by atoms with E-state index in [4.69, 9.17) is 0 Å². The molecule has 0 amide bonds. The predicted molar refractivity (Wildman–Crippen MR) is 294 cm³/mol. The fraction of sp³-hybridized carbons (Fsp3) is 0.0294. The lowest BCUT2D eigenvalue weighted by atomic mass is 9.67. The maximum atomic E-state index is 2.47. The molecule has 0 unspecified atom stereocenters. The summed E-state index contributed by atoms with van der Waals surface area (Å²) in [5.74, 6) is 0. The van der Waals surface area contributed by atoms with E-state index in [0.717, 1.165) is 17.1 Å². The smallest absolute Gasteiger partial charge is 0.0713 e. The summed E-state index contributed by atoms with van der Waals surface area (Å²) in [7, 11) is 0. The molecule has 12 aromatic rings. The first kappa shape index (κ1) is 40.5. The van der Waals surface area contributed by atoms with Crippen LogP contribution in [-0.2, 0) is 10.8 Å². The Labute approximate surface area is 412 Å². The summed E-state index contributed by atoms with van der Waals surface area (Å²) in [5.41, 5.74) is 20.1. The molecule has 0 N–H and O–H groups in total. The highest BCUT2D eigenvalue weighted by atomic mass is 32.1. The number of rotatable bonds is 8. The molecule has 1 heterocycles. The van der Waals surface area contributed by atoms with E-state index in [9.17, 15) is 0 Å². The molecule has 2 aliphatic carbocycles. The third-order valence-corrected chi connectivity index (χ3v) is 16.5. The van der Waals surface area contributed by atoms with Crippen LogP contribution in [0.5, 0.6) is 0 Å². The van der Waals surface area contributed by atoms with Gasteiger partial charge in [-0.05, 0) is 120 Å². The van der Waals surface area contributed by atoms with Gasteiger partial charge in [0.2, 0.25) is 0 Å². The molecule has 14 rings (SSSR count). The summed E-state index contributed by atoms with van der Waals surface area (Å²) in [6, 6.07) is 102. The molecule has 0 spiro atoms. The monoisotopic (exact) mass is 907 g/mol. The molecule has 0 saturated heterocycles. The molecular formula is C68H45NS. The van der Waals surface area contributed by atoms with Gasteiger partial charge >= 0.3 is 0 Å². The lowest BCUT2D eigenvalue weighted by molar-refractivity contribution is 0.768. The van der Waals surface area contributed by atoms with Crippen LogP contribution in [0.4, 0.5) is 17.1 Å². The van der Waals surface area contributed by atoms with Gasteiger partial charge in [0.1, 0.15) is 0 Å². The van der Waals surface area contributed by atoms with Crippen molar-refractivity contribution < 1.29 is 0 Å². The SMILES string of the molecule is c1ccc(C2(c3ccc(N(c4cccc(-c5cccc6c5sc5ccccc56)c4)c4ccc5c(c4)-c4ccccc4C5(c4ccccc4)c4ccccc4)cc3)c3ccccc3-c3ccccc32)cc1. The minimum Gasteiger partial charge on any atom is -0.310 e. The summed E-state index contributed by atoms with van der Waals surface area (Å²) < 4.78 is 2.62. The molecule has 0 atom stereocenters. The minimum atomic E-state index is -0.490. The molecule has 2 aliphatic rings. The molecule has 1 nitrogen and oxygen atoms in total. The van der Waals surface area contributed by atoms with Crippen LogP contribution in [0, 0.1) is 0 Å². The first-order chi connectivity index (χ1) is 34.7. The highest BCUT2D eigenvalue weighted by Crippen LogP contribution is 2.59. The molecule has 328 valence electrons. The van der Waals surface area contributed by atoms with Crippen LogP contribution in [0.25, 0.3) is 53.6 Å². The Kier molecular flexibility index (Phi) is 9.27. The van der Waals surface area contributed by atoms with Crippen molar-refractivity contribution in [3.63, 3.8) is 0 Å². The molecule has 2 heteroatoms. The molecule has 0 fully saturated rings. The van der Waals surface area contributed by atoms with Crippen LogP contribution >= 0.6 is 11.3 Å². The largest absolute Gasteiger partial charge is 0.310 e. The van der Waals surface area contributed by atoms with Crippen molar-refractivity contribution in [1.82, 2.24) is 0 Å². The Morgan fingerprint density at radius 1 is 0.271 bits per heavy atom. The van der Waals surface area contributed by atoms with Crippen LogP contribution < -0.4 is 4.90 Å². The molecule has 11 aromatic carbocycles. The molecule has 0 saturated carbocycles. The van der Waals surface area contributed by atoms with Gasteiger partial charge in [0.05, 0.1) is 10.8 Å². The van der Waals surface area contributed by atoms with Crippen molar-refractivity contribution in [2.24, 2.45) is 0 Å². The molecular weight excluding hydrogens is 863 g/mol. The second-order valence-electron chi connectivity index (χ2n) is 18.7. The van der Waals surface area contributed by atoms with Crippen LogP contribution in [0.3, 0.4) is 0 Å². The fourth-order valence-corrected chi connectivity index (χ4v) is 13.6. The molecule has 70 heavy (non-hydrogen) atoms. The average molecular weight is 908 g/mol. The second-order valence-corrected chi connectivity index (χ2v) is 19.7. The van der Waals surface area contributed by atoms with E-state index in [1.807, 2.05) is 11.3 Å². The van der Waals surface area contributed by atoms with Crippen molar-refractivity contribution in [3.05, 3.63) is 317 Å². The number of nitrogens with zero attached hydrogens (tertiary/aromatic N) is 1. The highest BCUT2D eigenvalue weighted by molar-refractivity contribution is 7.26. The van der Waals surface area contributed by atoms with E-state index in [1.165, 1.54) is 98.1 Å². The lowest BCUT2D eigenvalue weighted by Crippen LogP contribution is -2.28. The number of thiophene rings is 1. The maximum Gasteiger partial charge on any atom is 0.0713 e. The van der Waals surface area contributed by atoms with Crippen molar-refractivity contribution >= 4 is 48.6 Å². The van der Waals surface area contributed by atoms with Gasteiger partial charge in [-0.25, -0.2) is 0 Å². The Morgan fingerprint density at radius 3 is 1.30 bits per heavy atom.